The maximum absolute atomic E-state index is 2.35. The Labute approximate surface area is 81.5 Å². The molecule has 0 saturated heterocycles. The van der Waals surface area contributed by atoms with E-state index in [1.807, 2.05) is 0 Å². The van der Waals surface area contributed by atoms with E-state index < -0.39 is 0 Å². The lowest BCUT2D eigenvalue weighted by atomic mass is 9.80. The van der Waals surface area contributed by atoms with Crippen molar-refractivity contribution in [3.05, 3.63) is 11.1 Å². The second-order valence-corrected chi connectivity index (χ2v) is 5.19. The third-order valence-corrected chi connectivity index (χ3v) is 3.48. The zero-order valence-electron chi connectivity index (χ0n) is 8.71. The second kappa shape index (κ2) is 3.02. The van der Waals surface area contributed by atoms with E-state index in [0.717, 1.165) is 0 Å². The van der Waals surface area contributed by atoms with Crippen LogP contribution >= 0.6 is 0 Å². The van der Waals surface area contributed by atoms with Gasteiger partial charge in [0.1, 0.15) is 0 Å². The van der Waals surface area contributed by atoms with Crippen LogP contribution in [0.15, 0.2) is 11.1 Å². The van der Waals surface area contributed by atoms with Gasteiger partial charge in [0.2, 0.25) is 0 Å². The van der Waals surface area contributed by atoms with Crippen LogP contribution < -0.4 is 0 Å². The summed E-state index contributed by atoms with van der Waals surface area (Å²) in [5, 5.41) is 0. The maximum Gasteiger partial charge on any atom is -0.0137 e. The van der Waals surface area contributed by atoms with Gasteiger partial charge in [0.15, 0.2) is 0 Å². The largest absolute Gasteiger partial charge is 0.0682 e. The van der Waals surface area contributed by atoms with Crippen LogP contribution in [0.1, 0.15) is 48.0 Å². The van der Waals surface area contributed by atoms with Crippen LogP contribution in [-0.2, 0) is 0 Å². The predicted molar refractivity (Wildman–Crippen MR) is 61.9 cm³/mol. The normalized spacial score (nSPS) is 25.5. The first-order valence-electron chi connectivity index (χ1n) is 4.46. The molecule has 0 spiro atoms. The highest BCUT2D eigenvalue weighted by Gasteiger charge is 2.39. The molecule has 0 radical (unpaired) electrons. The fourth-order valence-electron chi connectivity index (χ4n) is 2.39. The molecule has 0 heterocycles. The molecule has 0 aromatic carbocycles. The van der Waals surface area contributed by atoms with Crippen molar-refractivity contribution in [3.8, 4) is 0 Å². The van der Waals surface area contributed by atoms with Gasteiger partial charge >= 0.3 is 0 Å². The first kappa shape index (κ1) is 12.0. The minimum absolute atomic E-state index is 0. The highest BCUT2D eigenvalue weighted by atomic mass is 28.1. The van der Waals surface area contributed by atoms with Gasteiger partial charge in [-0.15, -0.1) is 0 Å². The Morgan fingerprint density at radius 2 is 1.08 bits per heavy atom. The molecule has 1 rings (SSSR count). The Balaban J connectivity index is 0.00000121. The first-order chi connectivity index (χ1) is 4.77. The van der Waals surface area contributed by atoms with Gasteiger partial charge in [-0.25, -0.2) is 0 Å². The maximum atomic E-state index is 2.35. The summed E-state index contributed by atoms with van der Waals surface area (Å²) in [6.07, 6.45) is 1.30. The van der Waals surface area contributed by atoms with E-state index in [2.05, 4.69) is 41.5 Å². The summed E-state index contributed by atoms with van der Waals surface area (Å²) in [5.41, 5.74) is 4.08. The summed E-state index contributed by atoms with van der Waals surface area (Å²) in [4.78, 5) is 0. The summed E-state index contributed by atoms with van der Waals surface area (Å²) in [5.74, 6) is 0. The number of rotatable bonds is 0. The van der Waals surface area contributed by atoms with Crippen molar-refractivity contribution in [2.75, 3.05) is 0 Å². The number of hydrogen-bond donors (Lipinski definition) is 0. The Morgan fingerprint density at radius 1 is 0.833 bits per heavy atom. The van der Waals surface area contributed by atoms with Crippen LogP contribution in [0.5, 0.6) is 0 Å². The Morgan fingerprint density at radius 3 is 1.17 bits per heavy atom. The van der Waals surface area contributed by atoms with Crippen LogP contribution in [-0.4, -0.2) is 11.0 Å². The van der Waals surface area contributed by atoms with Crippen molar-refractivity contribution < 1.29 is 0 Å². The molecule has 12 heavy (non-hydrogen) atoms. The summed E-state index contributed by atoms with van der Waals surface area (Å²) in [6, 6.07) is 0. The minimum atomic E-state index is 0. The Bertz CT molecular complexity index is 187. The van der Waals surface area contributed by atoms with E-state index in [1.165, 1.54) is 6.42 Å². The van der Waals surface area contributed by atoms with Gasteiger partial charge in [0, 0.05) is 0 Å². The van der Waals surface area contributed by atoms with Gasteiger partial charge in [0.05, 0.1) is 0 Å². The van der Waals surface area contributed by atoms with Gasteiger partial charge in [-0.05, 0) is 42.1 Å². The van der Waals surface area contributed by atoms with E-state index in [4.69, 9.17) is 0 Å². The molecule has 0 unspecified atom stereocenters. The molecular weight excluding hydrogens is 160 g/mol. The summed E-state index contributed by atoms with van der Waals surface area (Å²) >= 11 is 0. The van der Waals surface area contributed by atoms with Crippen molar-refractivity contribution >= 4 is 11.0 Å². The summed E-state index contributed by atoms with van der Waals surface area (Å²) in [6.45, 7) is 14.0. The molecule has 1 aliphatic carbocycles. The number of hydrogen-bond acceptors (Lipinski definition) is 0. The molecule has 0 aromatic rings. The van der Waals surface area contributed by atoms with Crippen LogP contribution in [0.25, 0.3) is 0 Å². The molecule has 0 aromatic heterocycles. The van der Waals surface area contributed by atoms with Crippen molar-refractivity contribution in [2.24, 2.45) is 10.8 Å². The third-order valence-electron chi connectivity index (χ3n) is 3.48. The first-order valence-corrected chi connectivity index (χ1v) is 4.46. The predicted octanol–water partition coefficient (Wildman–Crippen LogP) is 2.33. The molecule has 0 nitrogen and oxygen atoms in total. The molecule has 0 atom stereocenters. The highest BCUT2D eigenvalue weighted by molar-refractivity contribution is 5.75. The molecule has 0 saturated carbocycles. The highest BCUT2D eigenvalue weighted by Crippen LogP contribution is 2.51. The number of allylic oxidation sites excluding steroid dienone is 2. The lowest BCUT2D eigenvalue weighted by Gasteiger charge is -2.24. The van der Waals surface area contributed by atoms with Crippen LogP contribution in [0.4, 0.5) is 0 Å². The third kappa shape index (κ3) is 1.66. The quantitative estimate of drug-likeness (QED) is 0.400. The minimum Gasteiger partial charge on any atom is -0.0682 e. The average Bonchev–Trinajstić information content (AvgIpc) is 1.91. The molecule has 0 bridgehead atoms. The SMILES string of the molecule is CC1=C(C)C(C)(C)CC1(C)C.[SiH4]. The average molecular weight is 184 g/mol. The van der Waals surface area contributed by atoms with Crippen molar-refractivity contribution in [1.29, 1.82) is 0 Å². The zero-order valence-corrected chi connectivity index (χ0v) is 8.71. The van der Waals surface area contributed by atoms with Gasteiger partial charge in [0.25, 0.3) is 0 Å². The fourth-order valence-corrected chi connectivity index (χ4v) is 2.39. The van der Waals surface area contributed by atoms with Crippen LogP contribution in [0, 0.1) is 10.8 Å². The lowest BCUT2D eigenvalue weighted by Crippen LogP contribution is -2.14. The molecule has 0 N–H and O–H groups in total. The molecule has 0 amide bonds. The van der Waals surface area contributed by atoms with E-state index in [-0.39, 0.29) is 11.0 Å². The van der Waals surface area contributed by atoms with Crippen molar-refractivity contribution in [1.82, 2.24) is 0 Å². The molecule has 1 heteroatoms. The van der Waals surface area contributed by atoms with E-state index in [0.29, 0.717) is 10.8 Å². The van der Waals surface area contributed by atoms with Gasteiger partial charge in [-0.3, -0.25) is 0 Å². The molecule has 0 aliphatic heterocycles. The van der Waals surface area contributed by atoms with Crippen molar-refractivity contribution in [3.63, 3.8) is 0 Å². The molecule has 72 valence electrons. The topological polar surface area (TPSA) is 0 Å². The van der Waals surface area contributed by atoms with Crippen molar-refractivity contribution in [2.45, 2.75) is 48.0 Å². The zero-order chi connectivity index (χ0) is 8.86. The molecule has 0 fully saturated rings. The van der Waals surface area contributed by atoms with Gasteiger partial charge in [-0.2, -0.15) is 0 Å². The smallest absolute Gasteiger partial charge is 0.0137 e. The summed E-state index contributed by atoms with van der Waals surface area (Å²) < 4.78 is 0. The lowest BCUT2D eigenvalue weighted by molar-refractivity contribution is 0.316. The summed E-state index contributed by atoms with van der Waals surface area (Å²) in [7, 11) is 0. The molecular formula is C11H24Si. The standard InChI is InChI=1S/C11H20.H4Si/c1-8-9(2)11(5,6)7-10(8,3)4;/h7H2,1-6H3;1H4. The Hall–Kier alpha value is -0.0431. The fraction of sp³-hybridized carbons (Fsp3) is 0.818. The second-order valence-electron chi connectivity index (χ2n) is 5.19. The molecule has 1 aliphatic rings. The van der Waals surface area contributed by atoms with Crippen LogP contribution in [0.3, 0.4) is 0 Å². The van der Waals surface area contributed by atoms with Crippen LogP contribution in [0.2, 0.25) is 0 Å². The van der Waals surface area contributed by atoms with E-state index >= 15 is 0 Å². The van der Waals surface area contributed by atoms with Gasteiger partial charge < -0.3 is 0 Å². The van der Waals surface area contributed by atoms with E-state index in [9.17, 15) is 0 Å². The monoisotopic (exact) mass is 184 g/mol. The van der Waals surface area contributed by atoms with E-state index in [1.54, 1.807) is 11.1 Å². The Kier molecular flexibility index (Phi) is 3.01. The van der Waals surface area contributed by atoms with Gasteiger partial charge in [-0.1, -0.05) is 38.8 Å².